The quantitative estimate of drug-likeness (QED) is 0.918. The maximum atomic E-state index is 11.5. The summed E-state index contributed by atoms with van der Waals surface area (Å²) < 4.78 is 2.12. The number of amides is 1. The Morgan fingerprint density at radius 3 is 2.62 bits per heavy atom. The largest absolute Gasteiger partial charge is 0.346 e. The summed E-state index contributed by atoms with van der Waals surface area (Å²) in [5.74, 6) is 1.33. The molecule has 0 bridgehead atoms. The van der Waals surface area contributed by atoms with Gasteiger partial charge in [0.1, 0.15) is 11.3 Å². The van der Waals surface area contributed by atoms with Crippen molar-refractivity contribution in [3.8, 4) is 0 Å². The zero-order chi connectivity index (χ0) is 15.6. The lowest BCUT2D eigenvalue weighted by Gasteiger charge is -2.22. The van der Waals surface area contributed by atoms with Crippen molar-refractivity contribution >= 4 is 17.1 Å². The standard InChI is InChI=1S/C16H24N4O/c1-10(2)9-14(18-12(5)21)16-19-13-7-6-8-17-15(13)20(16)11(3)4/h6-8,10-11,14H,9H2,1-5H3,(H,18,21). The molecule has 0 fully saturated rings. The number of nitrogens with zero attached hydrogens (tertiary/aromatic N) is 3. The Kier molecular flexibility index (Phi) is 4.60. The fourth-order valence-electron chi connectivity index (χ4n) is 2.65. The lowest BCUT2D eigenvalue weighted by atomic mass is 10.0. The molecule has 0 aliphatic rings. The summed E-state index contributed by atoms with van der Waals surface area (Å²) >= 11 is 0. The van der Waals surface area contributed by atoms with Crippen molar-refractivity contribution in [3.63, 3.8) is 0 Å². The van der Waals surface area contributed by atoms with Gasteiger partial charge >= 0.3 is 0 Å². The van der Waals surface area contributed by atoms with E-state index in [4.69, 9.17) is 4.98 Å². The third-order valence-corrected chi connectivity index (χ3v) is 3.39. The van der Waals surface area contributed by atoms with Gasteiger partial charge in [0.15, 0.2) is 5.65 Å². The van der Waals surface area contributed by atoms with Crippen LogP contribution in [0.5, 0.6) is 0 Å². The average molecular weight is 288 g/mol. The first-order valence-corrected chi connectivity index (χ1v) is 7.50. The van der Waals surface area contributed by atoms with Crippen molar-refractivity contribution < 1.29 is 4.79 Å². The van der Waals surface area contributed by atoms with Crippen LogP contribution in [0.3, 0.4) is 0 Å². The lowest BCUT2D eigenvalue weighted by Crippen LogP contribution is -2.30. The summed E-state index contributed by atoms with van der Waals surface area (Å²) in [6.45, 7) is 10.1. The maximum Gasteiger partial charge on any atom is 0.217 e. The van der Waals surface area contributed by atoms with Crippen LogP contribution in [-0.4, -0.2) is 20.4 Å². The molecular weight excluding hydrogens is 264 g/mol. The Morgan fingerprint density at radius 2 is 2.05 bits per heavy atom. The molecule has 0 spiro atoms. The molecule has 2 heterocycles. The summed E-state index contributed by atoms with van der Waals surface area (Å²) in [6, 6.07) is 4.01. The van der Waals surface area contributed by atoms with Gasteiger partial charge in [0, 0.05) is 19.2 Å². The smallest absolute Gasteiger partial charge is 0.217 e. The van der Waals surface area contributed by atoms with Crippen molar-refractivity contribution in [1.82, 2.24) is 19.9 Å². The first-order valence-electron chi connectivity index (χ1n) is 7.50. The molecule has 0 saturated heterocycles. The van der Waals surface area contributed by atoms with Gasteiger partial charge in [0.2, 0.25) is 5.91 Å². The zero-order valence-corrected chi connectivity index (χ0v) is 13.4. The molecule has 0 aliphatic carbocycles. The summed E-state index contributed by atoms with van der Waals surface area (Å²) in [7, 11) is 0. The van der Waals surface area contributed by atoms with E-state index in [1.807, 2.05) is 12.1 Å². The molecule has 0 aliphatic heterocycles. The molecule has 1 unspecified atom stereocenters. The molecule has 2 aromatic rings. The highest BCUT2D eigenvalue weighted by atomic mass is 16.1. The minimum Gasteiger partial charge on any atom is -0.346 e. The first-order chi connectivity index (χ1) is 9.90. The van der Waals surface area contributed by atoms with E-state index in [0.29, 0.717) is 5.92 Å². The molecule has 2 aromatic heterocycles. The number of hydrogen-bond acceptors (Lipinski definition) is 3. The van der Waals surface area contributed by atoms with E-state index in [1.54, 1.807) is 13.1 Å². The summed E-state index contributed by atoms with van der Waals surface area (Å²) in [5, 5.41) is 3.03. The van der Waals surface area contributed by atoms with Gasteiger partial charge in [-0.3, -0.25) is 4.79 Å². The minimum absolute atomic E-state index is 0.0315. The fourth-order valence-corrected chi connectivity index (χ4v) is 2.65. The zero-order valence-electron chi connectivity index (χ0n) is 13.4. The van der Waals surface area contributed by atoms with Gasteiger partial charge in [0.05, 0.1) is 6.04 Å². The predicted octanol–water partition coefficient (Wildman–Crippen LogP) is 3.24. The summed E-state index contributed by atoms with van der Waals surface area (Å²) in [4.78, 5) is 20.7. The molecule has 1 amide bonds. The molecule has 21 heavy (non-hydrogen) atoms. The number of imidazole rings is 1. The fraction of sp³-hybridized carbons (Fsp3) is 0.562. The molecule has 0 saturated carbocycles. The van der Waals surface area contributed by atoms with Gasteiger partial charge in [-0.15, -0.1) is 0 Å². The number of pyridine rings is 1. The lowest BCUT2D eigenvalue weighted by molar-refractivity contribution is -0.119. The highest BCUT2D eigenvalue weighted by Crippen LogP contribution is 2.27. The second-order valence-electron chi connectivity index (χ2n) is 6.16. The molecular formula is C16H24N4O. The Balaban J connectivity index is 2.55. The second-order valence-corrected chi connectivity index (χ2v) is 6.16. The molecule has 5 heteroatoms. The monoisotopic (exact) mass is 288 g/mol. The van der Waals surface area contributed by atoms with Crippen LogP contribution >= 0.6 is 0 Å². The van der Waals surface area contributed by atoms with E-state index < -0.39 is 0 Å². The number of hydrogen-bond donors (Lipinski definition) is 1. The van der Waals surface area contributed by atoms with Crippen LogP contribution in [-0.2, 0) is 4.79 Å². The number of nitrogens with one attached hydrogen (secondary N) is 1. The minimum atomic E-state index is -0.0842. The Labute approximate surface area is 125 Å². The highest BCUT2D eigenvalue weighted by molar-refractivity contribution is 5.74. The SMILES string of the molecule is CC(=O)NC(CC(C)C)c1nc2cccnc2n1C(C)C. The van der Waals surface area contributed by atoms with Crippen LogP contribution in [0.2, 0.25) is 0 Å². The molecule has 1 N–H and O–H groups in total. The van der Waals surface area contributed by atoms with Gasteiger partial charge in [0.25, 0.3) is 0 Å². The van der Waals surface area contributed by atoms with E-state index in [1.165, 1.54) is 0 Å². The number of rotatable bonds is 5. The molecule has 5 nitrogen and oxygen atoms in total. The van der Waals surface area contributed by atoms with Crippen LogP contribution in [0.1, 0.15) is 58.9 Å². The predicted molar refractivity (Wildman–Crippen MR) is 83.9 cm³/mol. The van der Waals surface area contributed by atoms with Crippen molar-refractivity contribution in [2.75, 3.05) is 0 Å². The molecule has 114 valence electrons. The number of fused-ring (bicyclic) bond motifs is 1. The van der Waals surface area contributed by atoms with Crippen molar-refractivity contribution in [2.24, 2.45) is 5.92 Å². The summed E-state index contributed by atoms with van der Waals surface area (Å²) in [6.07, 6.45) is 2.64. The van der Waals surface area contributed by atoms with Crippen LogP contribution in [0.4, 0.5) is 0 Å². The van der Waals surface area contributed by atoms with Gasteiger partial charge in [-0.05, 0) is 38.3 Å². The second kappa shape index (κ2) is 6.24. The van der Waals surface area contributed by atoms with Gasteiger partial charge in [-0.25, -0.2) is 9.97 Å². The third-order valence-electron chi connectivity index (χ3n) is 3.39. The Morgan fingerprint density at radius 1 is 1.33 bits per heavy atom. The van der Waals surface area contributed by atoms with Gasteiger partial charge in [-0.1, -0.05) is 13.8 Å². The Bertz CT molecular complexity index is 630. The topological polar surface area (TPSA) is 59.8 Å². The average Bonchev–Trinajstić information content (AvgIpc) is 2.75. The van der Waals surface area contributed by atoms with E-state index in [2.05, 4.69) is 42.6 Å². The third kappa shape index (κ3) is 3.40. The summed E-state index contributed by atoms with van der Waals surface area (Å²) in [5.41, 5.74) is 1.75. The van der Waals surface area contributed by atoms with Crippen molar-refractivity contribution in [1.29, 1.82) is 0 Å². The molecule has 0 radical (unpaired) electrons. The number of carbonyl (C=O) groups excluding carboxylic acids is 1. The van der Waals surface area contributed by atoms with Crippen LogP contribution in [0, 0.1) is 5.92 Å². The number of carbonyl (C=O) groups is 1. The molecule has 1 atom stereocenters. The van der Waals surface area contributed by atoms with Crippen molar-refractivity contribution in [2.45, 2.75) is 53.1 Å². The van der Waals surface area contributed by atoms with Crippen LogP contribution < -0.4 is 5.32 Å². The van der Waals surface area contributed by atoms with Gasteiger partial charge < -0.3 is 9.88 Å². The first kappa shape index (κ1) is 15.5. The van der Waals surface area contributed by atoms with E-state index in [-0.39, 0.29) is 18.0 Å². The maximum absolute atomic E-state index is 11.5. The normalized spacial score (nSPS) is 13.1. The highest BCUT2D eigenvalue weighted by Gasteiger charge is 2.23. The van der Waals surface area contributed by atoms with Gasteiger partial charge in [-0.2, -0.15) is 0 Å². The van der Waals surface area contributed by atoms with E-state index >= 15 is 0 Å². The Hall–Kier alpha value is -1.91. The van der Waals surface area contributed by atoms with E-state index in [0.717, 1.165) is 23.4 Å². The van der Waals surface area contributed by atoms with Crippen molar-refractivity contribution in [3.05, 3.63) is 24.2 Å². The van der Waals surface area contributed by atoms with Crippen LogP contribution in [0.25, 0.3) is 11.2 Å². The number of aromatic nitrogens is 3. The van der Waals surface area contributed by atoms with Crippen LogP contribution in [0.15, 0.2) is 18.3 Å². The molecule has 2 rings (SSSR count). The van der Waals surface area contributed by atoms with E-state index in [9.17, 15) is 4.79 Å². The molecule has 0 aromatic carbocycles.